The zero-order chi connectivity index (χ0) is 20.6. The number of hydrogen-bond acceptors (Lipinski definition) is 3. The number of nitrogens with one attached hydrogen (secondary N) is 1. The summed E-state index contributed by atoms with van der Waals surface area (Å²) in [6.45, 7) is 6.94. The van der Waals surface area contributed by atoms with E-state index in [4.69, 9.17) is 11.6 Å². The zero-order valence-electron chi connectivity index (χ0n) is 15.4. The molecule has 0 saturated carbocycles. The van der Waals surface area contributed by atoms with Crippen molar-refractivity contribution in [2.24, 2.45) is 0 Å². The Morgan fingerprint density at radius 3 is 2.19 bits per heavy atom. The van der Waals surface area contributed by atoms with Gasteiger partial charge in [-0.15, -0.1) is 0 Å². The van der Waals surface area contributed by atoms with Crippen LogP contribution in [0.4, 0.5) is 13.2 Å². The Morgan fingerprint density at radius 1 is 1.15 bits per heavy atom. The molecule has 0 amide bonds. The number of rotatable bonds is 6. The van der Waals surface area contributed by atoms with E-state index in [9.17, 15) is 21.6 Å². The molecule has 0 radical (unpaired) electrons. The summed E-state index contributed by atoms with van der Waals surface area (Å²) in [6.07, 6.45) is -4.37. The molecule has 150 valence electrons. The predicted octanol–water partition coefficient (Wildman–Crippen LogP) is 4.16. The summed E-state index contributed by atoms with van der Waals surface area (Å²) in [7, 11) is -3.71. The second-order valence-corrected chi connectivity index (χ2v) is 8.53. The highest BCUT2D eigenvalue weighted by Crippen LogP contribution is 2.35. The van der Waals surface area contributed by atoms with E-state index in [1.54, 1.807) is 26.0 Å². The number of alkyl halides is 3. The Labute approximate surface area is 161 Å². The maximum absolute atomic E-state index is 12.8. The number of nitrogens with zero attached hydrogens (tertiary/aromatic N) is 2. The van der Waals surface area contributed by atoms with E-state index in [0.717, 1.165) is 10.2 Å². The minimum Gasteiger partial charge on any atom is -0.268 e. The molecule has 0 aliphatic heterocycles. The smallest absolute Gasteiger partial charge is 0.268 e. The van der Waals surface area contributed by atoms with Crippen LogP contribution >= 0.6 is 11.6 Å². The summed E-state index contributed by atoms with van der Waals surface area (Å²) >= 11 is 5.70. The Kier molecular flexibility index (Phi) is 6.28. The van der Waals surface area contributed by atoms with Crippen molar-refractivity contribution in [3.8, 4) is 0 Å². The van der Waals surface area contributed by atoms with Gasteiger partial charge in [-0.05, 0) is 45.2 Å². The first-order valence-corrected chi connectivity index (χ1v) is 10.1. The van der Waals surface area contributed by atoms with Gasteiger partial charge in [0.25, 0.3) is 0 Å². The second kappa shape index (κ2) is 7.81. The lowest BCUT2D eigenvalue weighted by Crippen LogP contribution is -2.27. The molecule has 0 aliphatic rings. The first-order chi connectivity index (χ1) is 12.3. The van der Waals surface area contributed by atoms with Gasteiger partial charge in [-0.25, -0.2) is 13.1 Å². The normalized spacial score (nSPS) is 12.6. The highest BCUT2D eigenvalue weighted by atomic mass is 35.5. The van der Waals surface area contributed by atoms with Crippen LogP contribution in [0.1, 0.15) is 34.5 Å². The Morgan fingerprint density at radius 2 is 1.70 bits per heavy atom. The van der Waals surface area contributed by atoms with Gasteiger partial charge < -0.3 is 0 Å². The molecule has 2 aromatic rings. The van der Waals surface area contributed by atoms with Gasteiger partial charge in [-0.3, -0.25) is 4.68 Å². The van der Waals surface area contributed by atoms with Crippen molar-refractivity contribution >= 4 is 21.6 Å². The van der Waals surface area contributed by atoms with E-state index in [-0.39, 0.29) is 30.1 Å². The molecule has 5 nitrogen and oxygen atoms in total. The summed E-state index contributed by atoms with van der Waals surface area (Å²) in [5.41, 5.74) is 1.31. The van der Waals surface area contributed by atoms with Crippen molar-refractivity contribution in [1.29, 1.82) is 0 Å². The lowest BCUT2D eigenvalue weighted by molar-refractivity contribution is -0.141. The number of benzene rings is 1. The molecule has 0 saturated heterocycles. The fourth-order valence-electron chi connectivity index (χ4n) is 3.02. The number of hydrogen-bond donors (Lipinski definition) is 1. The van der Waals surface area contributed by atoms with Gasteiger partial charge in [0.2, 0.25) is 10.0 Å². The van der Waals surface area contributed by atoms with E-state index < -0.39 is 26.9 Å². The highest BCUT2D eigenvalue weighted by molar-refractivity contribution is 7.89. The van der Waals surface area contributed by atoms with Crippen molar-refractivity contribution in [2.45, 2.75) is 51.7 Å². The first-order valence-electron chi connectivity index (χ1n) is 8.22. The monoisotopic (exact) mass is 423 g/mol. The number of sulfonamides is 1. The van der Waals surface area contributed by atoms with E-state index in [1.807, 2.05) is 6.92 Å². The zero-order valence-corrected chi connectivity index (χ0v) is 17.0. The van der Waals surface area contributed by atoms with E-state index >= 15 is 0 Å². The number of aromatic nitrogens is 2. The van der Waals surface area contributed by atoms with Gasteiger partial charge in [0.1, 0.15) is 0 Å². The van der Waals surface area contributed by atoms with Crippen molar-refractivity contribution < 1.29 is 21.6 Å². The molecule has 1 aromatic carbocycles. The molecule has 1 N–H and O–H groups in total. The number of halogens is 4. The standard InChI is InChI=1S/C17H21ClF3N3O2S/c1-10-8-11(2)15(12(3)9-10)27(25,26)22-6-5-7-24-13(4)14(18)16(23-24)17(19,20)21/h8-9,22H,5-7H2,1-4H3. The largest absolute Gasteiger partial charge is 0.436 e. The average Bonchev–Trinajstić information content (AvgIpc) is 2.78. The molecule has 1 aromatic heterocycles. The van der Waals surface area contributed by atoms with Gasteiger partial charge in [0.15, 0.2) is 5.69 Å². The third-order valence-corrected chi connectivity index (χ3v) is 6.33. The Balaban J connectivity index is 2.06. The Hall–Kier alpha value is -1.58. The van der Waals surface area contributed by atoms with Crippen LogP contribution in [0.15, 0.2) is 17.0 Å². The van der Waals surface area contributed by atoms with Crippen LogP contribution < -0.4 is 4.72 Å². The van der Waals surface area contributed by atoms with Crippen LogP contribution in [0.3, 0.4) is 0 Å². The summed E-state index contributed by atoms with van der Waals surface area (Å²) in [4.78, 5) is 0.228. The third-order valence-electron chi connectivity index (χ3n) is 4.11. The minimum atomic E-state index is -4.63. The molecule has 0 spiro atoms. The molecule has 0 bridgehead atoms. The van der Waals surface area contributed by atoms with Crippen LogP contribution in [-0.4, -0.2) is 24.7 Å². The maximum Gasteiger partial charge on any atom is 0.436 e. The molecule has 0 atom stereocenters. The maximum atomic E-state index is 12.8. The summed E-state index contributed by atoms with van der Waals surface area (Å²) in [5, 5.41) is 3.06. The van der Waals surface area contributed by atoms with Crippen LogP contribution in [0, 0.1) is 27.7 Å². The summed E-state index contributed by atoms with van der Waals surface area (Å²) in [6, 6.07) is 3.57. The van der Waals surface area contributed by atoms with Crippen LogP contribution in [0.25, 0.3) is 0 Å². The lowest BCUT2D eigenvalue weighted by atomic mass is 10.1. The fourth-order valence-corrected chi connectivity index (χ4v) is 4.79. The minimum absolute atomic E-state index is 0.0629. The second-order valence-electron chi connectivity index (χ2n) is 6.45. The van der Waals surface area contributed by atoms with Crippen molar-refractivity contribution in [3.63, 3.8) is 0 Å². The van der Waals surface area contributed by atoms with Gasteiger partial charge in [-0.1, -0.05) is 29.3 Å². The molecule has 2 rings (SSSR count). The fraction of sp³-hybridized carbons (Fsp3) is 0.471. The number of aryl methyl sites for hydroxylation is 4. The average molecular weight is 424 g/mol. The highest BCUT2D eigenvalue weighted by Gasteiger charge is 2.38. The van der Waals surface area contributed by atoms with Gasteiger partial charge in [0, 0.05) is 13.1 Å². The van der Waals surface area contributed by atoms with Crippen molar-refractivity contribution in [2.75, 3.05) is 6.54 Å². The van der Waals surface area contributed by atoms with Crippen LogP contribution in [0.2, 0.25) is 5.02 Å². The SMILES string of the molecule is Cc1cc(C)c(S(=O)(=O)NCCCn2nc(C(F)(F)F)c(Cl)c2C)c(C)c1. The summed E-state index contributed by atoms with van der Waals surface area (Å²) < 4.78 is 67.2. The Bertz CT molecular complexity index is 930. The van der Waals surface area contributed by atoms with E-state index in [0.29, 0.717) is 11.1 Å². The molecule has 1 heterocycles. The molecule has 27 heavy (non-hydrogen) atoms. The van der Waals surface area contributed by atoms with Crippen molar-refractivity contribution in [3.05, 3.63) is 45.2 Å². The van der Waals surface area contributed by atoms with Crippen molar-refractivity contribution in [1.82, 2.24) is 14.5 Å². The van der Waals surface area contributed by atoms with Gasteiger partial charge >= 0.3 is 6.18 Å². The lowest BCUT2D eigenvalue weighted by Gasteiger charge is -2.13. The summed E-state index contributed by atoms with van der Waals surface area (Å²) in [5.74, 6) is 0. The van der Waals surface area contributed by atoms with E-state index in [1.165, 1.54) is 6.92 Å². The van der Waals surface area contributed by atoms with Gasteiger partial charge in [0.05, 0.1) is 15.6 Å². The molecule has 10 heteroatoms. The van der Waals surface area contributed by atoms with Gasteiger partial charge in [-0.2, -0.15) is 18.3 Å². The third kappa shape index (κ3) is 4.83. The molecule has 0 unspecified atom stereocenters. The molecule has 0 fully saturated rings. The molecule has 0 aliphatic carbocycles. The van der Waals surface area contributed by atoms with Crippen LogP contribution in [0.5, 0.6) is 0 Å². The molecular formula is C17H21ClF3N3O2S. The van der Waals surface area contributed by atoms with E-state index in [2.05, 4.69) is 9.82 Å². The molecular weight excluding hydrogens is 403 g/mol. The topological polar surface area (TPSA) is 64.0 Å². The first kappa shape index (κ1) is 21.7. The van der Waals surface area contributed by atoms with Crippen LogP contribution in [-0.2, 0) is 22.7 Å². The quantitative estimate of drug-likeness (QED) is 0.709. The predicted molar refractivity (Wildman–Crippen MR) is 97.4 cm³/mol.